The number of rotatable bonds is 7. The summed E-state index contributed by atoms with van der Waals surface area (Å²) in [5.41, 5.74) is 6.68. The fourth-order valence-corrected chi connectivity index (χ4v) is 2.28. The minimum atomic E-state index is -0.370. The predicted octanol–water partition coefficient (Wildman–Crippen LogP) is 1.26. The molecule has 0 saturated carbocycles. The van der Waals surface area contributed by atoms with Crippen LogP contribution in [0.25, 0.3) is 11.3 Å². The number of anilines is 1. The Hall–Kier alpha value is -3.75. The van der Waals surface area contributed by atoms with Gasteiger partial charge in [0.2, 0.25) is 0 Å². The number of carbonyl (C=O) groups is 2. The van der Waals surface area contributed by atoms with E-state index in [4.69, 9.17) is 10.3 Å². The number of nitrogens with zero attached hydrogens (tertiary/aromatic N) is 3. The Morgan fingerprint density at radius 1 is 1.00 bits per heavy atom. The lowest BCUT2D eigenvalue weighted by molar-refractivity contribution is 0.0943. The SMILES string of the molecule is Nc1cncc(C(=O)NCCCNC(=O)c2cc(-c3ccccc3)on2)n1. The first-order chi connectivity index (χ1) is 13.1. The molecule has 0 atom stereocenters. The molecular formula is C18H18N6O3. The molecule has 0 radical (unpaired) electrons. The number of benzene rings is 1. The van der Waals surface area contributed by atoms with Crippen LogP contribution in [0.3, 0.4) is 0 Å². The normalized spacial score (nSPS) is 10.4. The third-order valence-electron chi connectivity index (χ3n) is 3.61. The summed E-state index contributed by atoms with van der Waals surface area (Å²) in [6.45, 7) is 0.735. The lowest BCUT2D eigenvalue weighted by Crippen LogP contribution is -2.30. The Labute approximate surface area is 155 Å². The van der Waals surface area contributed by atoms with Crippen molar-refractivity contribution < 1.29 is 14.1 Å². The van der Waals surface area contributed by atoms with E-state index in [0.717, 1.165) is 5.56 Å². The van der Waals surface area contributed by atoms with E-state index in [1.807, 2.05) is 30.3 Å². The number of amides is 2. The average molecular weight is 366 g/mol. The summed E-state index contributed by atoms with van der Waals surface area (Å²) in [6.07, 6.45) is 3.23. The third kappa shape index (κ3) is 4.88. The fourth-order valence-electron chi connectivity index (χ4n) is 2.28. The van der Waals surface area contributed by atoms with Gasteiger partial charge in [-0.25, -0.2) is 4.98 Å². The highest BCUT2D eigenvalue weighted by molar-refractivity contribution is 5.93. The van der Waals surface area contributed by atoms with Crippen molar-refractivity contribution in [3.63, 3.8) is 0 Å². The van der Waals surface area contributed by atoms with Crippen molar-refractivity contribution in [3.05, 3.63) is 60.2 Å². The monoisotopic (exact) mass is 366 g/mol. The van der Waals surface area contributed by atoms with Gasteiger partial charge in [0.1, 0.15) is 11.5 Å². The molecule has 9 heteroatoms. The number of nitrogens with two attached hydrogens (primary N) is 1. The third-order valence-corrected chi connectivity index (χ3v) is 3.61. The number of hydrogen-bond donors (Lipinski definition) is 3. The second-order valence-electron chi connectivity index (χ2n) is 5.64. The molecule has 9 nitrogen and oxygen atoms in total. The highest BCUT2D eigenvalue weighted by atomic mass is 16.5. The van der Waals surface area contributed by atoms with Gasteiger partial charge < -0.3 is 20.9 Å². The van der Waals surface area contributed by atoms with E-state index in [9.17, 15) is 9.59 Å². The molecule has 0 fully saturated rings. The molecule has 138 valence electrons. The van der Waals surface area contributed by atoms with Gasteiger partial charge in [0.15, 0.2) is 11.5 Å². The summed E-state index contributed by atoms with van der Waals surface area (Å²) in [6, 6.07) is 11.0. The predicted molar refractivity (Wildman–Crippen MR) is 97.7 cm³/mol. The molecule has 0 aliphatic rings. The van der Waals surface area contributed by atoms with E-state index in [1.54, 1.807) is 6.07 Å². The molecule has 27 heavy (non-hydrogen) atoms. The lowest BCUT2D eigenvalue weighted by atomic mass is 10.1. The van der Waals surface area contributed by atoms with Crippen LogP contribution in [0.1, 0.15) is 27.4 Å². The zero-order valence-corrected chi connectivity index (χ0v) is 14.4. The van der Waals surface area contributed by atoms with Gasteiger partial charge in [-0.3, -0.25) is 14.6 Å². The molecule has 3 aromatic rings. The zero-order valence-electron chi connectivity index (χ0n) is 14.4. The van der Waals surface area contributed by atoms with Crippen LogP contribution >= 0.6 is 0 Å². The molecule has 2 aromatic heterocycles. The van der Waals surface area contributed by atoms with Gasteiger partial charge >= 0.3 is 0 Å². The molecule has 0 spiro atoms. The molecule has 0 saturated heterocycles. The summed E-state index contributed by atoms with van der Waals surface area (Å²) in [7, 11) is 0. The molecule has 2 amide bonds. The summed E-state index contributed by atoms with van der Waals surface area (Å²) in [5, 5.41) is 9.19. The molecule has 2 heterocycles. The molecule has 3 rings (SSSR count). The van der Waals surface area contributed by atoms with Gasteiger partial charge in [-0.2, -0.15) is 0 Å². The molecular weight excluding hydrogens is 348 g/mol. The average Bonchev–Trinajstić information content (AvgIpc) is 3.18. The first-order valence-electron chi connectivity index (χ1n) is 8.29. The summed E-state index contributed by atoms with van der Waals surface area (Å²) in [4.78, 5) is 31.7. The van der Waals surface area contributed by atoms with E-state index in [-0.39, 0.29) is 29.0 Å². The summed E-state index contributed by atoms with van der Waals surface area (Å²) < 4.78 is 5.20. The second-order valence-corrected chi connectivity index (χ2v) is 5.64. The Morgan fingerprint density at radius 3 is 2.41 bits per heavy atom. The van der Waals surface area contributed by atoms with Gasteiger partial charge in [0.05, 0.1) is 12.4 Å². The van der Waals surface area contributed by atoms with Crippen LogP contribution in [0.2, 0.25) is 0 Å². The van der Waals surface area contributed by atoms with Crippen molar-refractivity contribution in [1.29, 1.82) is 0 Å². The Bertz CT molecular complexity index is 926. The minimum absolute atomic E-state index is 0.148. The lowest BCUT2D eigenvalue weighted by Gasteiger charge is -2.05. The van der Waals surface area contributed by atoms with Gasteiger partial charge in [-0.1, -0.05) is 35.5 Å². The van der Waals surface area contributed by atoms with Crippen molar-refractivity contribution in [1.82, 2.24) is 25.8 Å². The van der Waals surface area contributed by atoms with Gasteiger partial charge in [0, 0.05) is 24.7 Å². The zero-order chi connectivity index (χ0) is 19.1. The number of hydrogen-bond acceptors (Lipinski definition) is 7. The minimum Gasteiger partial charge on any atom is -0.382 e. The largest absolute Gasteiger partial charge is 0.382 e. The highest BCUT2D eigenvalue weighted by Crippen LogP contribution is 2.19. The number of nitrogens with one attached hydrogen (secondary N) is 2. The number of aromatic nitrogens is 3. The molecule has 4 N–H and O–H groups in total. The van der Waals surface area contributed by atoms with Crippen molar-refractivity contribution in [2.45, 2.75) is 6.42 Å². The fraction of sp³-hybridized carbons (Fsp3) is 0.167. The van der Waals surface area contributed by atoms with Crippen LogP contribution in [0.4, 0.5) is 5.82 Å². The van der Waals surface area contributed by atoms with E-state index in [1.165, 1.54) is 12.4 Å². The van der Waals surface area contributed by atoms with Crippen LogP contribution in [-0.4, -0.2) is 40.0 Å². The van der Waals surface area contributed by atoms with E-state index < -0.39 is 0 Å². The second kappa shape index (κ2) is 8.56. The Balaban J connectivity index is 1.41. The summed E-state index contributed by atoms with van der Waals surface area (Å²) >= 11 is 0. The van der Waals surface area contributed by atoms with Gasteiger partial charge in [-0.15, -0.1) is 0 Å². The number of nitrogen functional groups attached to an aromatic ring is 1. The quantitative estimate of drug-likeness (QED) is 0.536. The first kappa shape index (κ1) is 18.1. The smallest absolute Gasteiger partial charge is 0.273 e. The Morgan fingerprint density at radius 2 is 1.70 bits per heavy atom. The van der Waals surface area contributed by atoms with Crippen LogP contribution < -0.4 is 16.4 Å². The van der Waals surface area contributed by atoms with Gasteiger partial charge in [-0.05, 0) is 6.42 Å². The maximum atomic E-state index is 12.1. The van der Waals surface area contributed by atoms with Crippen LogP contribution in [0, 0.1) is 0 Å². The van der Waals surface area contributed by atoms with E-state index in [2.05, 4.69) is 25.8 Å². The standard InChI is InChI=1S/C18H18N6O3/c19-16-11-20-10-14(23-16)18(26)22-8-4-7-21-17(25)13-9-15(27-24-13)12-5-2-1-3-6-12/h1-3,5-6,9-11H,4,7-8H2,(H2,19,23)(H,21,25)(H,22,26). The molecule has 0 unspecified atom stereocenters. The van der Waals surface area contributed by atoms with Crippen LogP contribution in [0.15, 0.2) is 53.3 Å². The summed E-state index contributed by atoms with van der Waals surface area (Å²) in [5.74, 6) is -0.00672. The van der Waals surface area contributed by atoms with Gasteiger partial charge in [0.25, 0.3) is 11.8 Å². The van der Waals surface area contributed by atoms with Crippen molar-refractivity contribution in [2.24, 2.45) is 0 Å². The molecule has 0 aliphatic carbocycles. The van der Waals surface area contributed by atoms with E-state index in [0.29, 0.717) is 25.3 Å². The molecule has 1 aromatic carbocycles. The maximum Gasteiger partial charge on any atom is 0.273 e. The Kier molecular flexibility index (Phi) is 5.73. The van der Waals surface area contributed by atoms with Crippen molar-refractivity contribution in [3.8, 4) is 11.3 Å². The van der Waals surface area contributed by atoms with Crippen LogP contribution in [0.5, 0.6) is 0 Å². The number of carbonyl (C=O) groups excluding carboxylic acids is 2. The van der Waals surface area contributed by atoms with Crippen molar-refractivity contribution in [2.75, 3.05) is 18.8 Å². The van der Waals surface area contributed by atoms with E-state index >= 15 is 0 Å². The van der Waals surface area contributed by atoms with Crippen LogP contribution in [-0.2, 0) is 0 Å². The first-order valence-corrected chi connectivity index (χ1v) is 8.29. The highest BCUT2D eigenvalue weighted by Gasteiger charge is 2.13. The maximum absolute atomic E-state index is 12.1. The topological polar surface area (TPSA) is 136 Å². The van der Waals surface area contributed by atoms with Crippen molar-refractivity contribution >= 4 is 17.6 Å². The molecule has 0 aliphatic heterocycles. The molecule has 0 bridgehead atoms.